The van der Waals surface area contributed by atoms with Crippen LogP contribution >= 0.6 is 0 Å². The number of hydrogen-bond acceptors (Lipinski definition) is 5. The van der Waals surface area contributed by atoms with Crippen molar-refractivity contribution in [2.24, 2.45) is 17.3 Å². The Morgan fingerprint density at radius 1 is 1.12 bits per heavy atom. The van der Waals surface area contributed by atoms with Crippen molar-refractivity contribution in [2.45, 2.75) is 26.2 Å². The normalized spacial score (nSPS) is 26.3. The number of benzene rings is 2. The number of nitrogens with zero attached hydrogens (tertiary/aromatic N) is 1. The molecule has 1 heterocycles. The van der Waals surface area contributed by atoms with Crippen molar-refractivity contribution in [1.29, 1.82) is 5.26 Å². The number of fused-ring (bicyclic) bond motifs is 1. The van der Waals surface area contributed by atoms with E-state index in [1.807, 2.05) is 56.3 Å². The predicted molar refractivity (Wildman–Crippen MR) is 93.0 cm³/mol. The number of carbonyl (C=O) groups is 1. The van der Waals surface area contributed by atoms with E-state index in [4.69, 9.17) is 14.2 Å². The van der Waals surface area contributed by atoms with Gasteiger partial charge in [0.2, 0.25) is 6.29 Å². The van der Waals surface area contributed by atoms with Gasteiger partial charge in [0.15, 0.2) is 6.10 Å². The minimum atomic E-state index is -0.831. The summed E-state index contributed by atoms with van der Waals surface area (Å²) in [6.07, 6.45) is -1.51. The molecule has 0 bridgehead atoms. The predicted octanol–water partition coefficient (Wildman–Crippen LogP) is 4.22. The topological polar surface area (TPSA) is 68.6 Å². The minimum Gasteiger partial charge on any atom is -0.457 e. The van der Waals surface area contributed by atoms with Crippen LogP contribution in [-0.2, 0) is 14.3 Å². The number of carbonyl (C=O) groups excluding carboxylic acids is 1. The van der Waals surface area contributed by atoms with E-state index in [1.165, 1.54) is 0 Å². The van der Waals surface area contributed by atoms with Crippen LogP contribution in [0.4, 0.5) is 0 Å². The lowest BCUT2D eigenvalue weighted by atomic mass is 10.1. The fraction of sp³-hybridized carbons (Fsp3) is 0.333. The van der Waals surface area contributed by atoms with Gasteiger partial charge in [-0.05, 0) is 35.2 Å². The van der Waals surface area contributed by atoms with Gasteiger partial charge in [0.05, 0.1) is 12.0 Å². The van der Waals surface area contributed by atoms with E-state index in [0.717, 1.165) is 0 Å². The van der Waals surface area contributed by atoms with E-state index in [2.05, 4.69) is 6.07 Å². The van der Waals surface area contributed by atoms with Crippen molar-refractivity contribution in [3.8, 4) is 17.6 Å². The lowest BCUT2D eigenvalue weighted by molar-refractivity contribution is -0.182. The van der Waals surface area contributed by atoms with Gasteiger partial charge in [0.1, 0.15) is 11.5 Å². The third-order valence-corrected chi connectivity index (χ3v) is 5.22. The van der Waals surface area contributed by atoms with Crippen LogP contribution in [0.5, 0.6) is 11.5 Å². The van der Waals surface area contributed by atoms with Gasteiger partial charge in [0, 0.05) is 5.92 Å². The molecule has 2 aliphatic rings. The van der Waals surface area contributed by atoms with Crippen LogP contribution in [0.2, 0.25) is 0 Å². The lowest BCUT2D eigenvalue weighted by Gasteiger charge is -2.21. The van der Waals surface area contributed by atoms with Crippen molar-refractivity contribution in [3.05, 3.63) is 60.2 Å². The Bertz CT molecular complexity index is 871. The zero-order valence-corrected chi connectivity index (χ0v) is 14.6. The fourth-order valence-corrected chi connectivity index (χ4v) is 3.69. The fourth-order valence-electron chi connectivity index (χ4n) is 3.69. The summed E-state index contributed by atoms with van der Waals surface area (Å²) < 4.78 is 17.0. The summed E-state index contributed by atoms with van der Waals surface area (Å²) >= 11 is 0. The summed E-state index contributed by atoms with van der Waals surface area (Å²) in [5, 5.41) is 9.56. The van der Waals surface area contributed by atoms with Crippen molar-refractivity contribution < 1.29 is 19.0 Å². The van der Waals surface area contributed by atoms with E-state index in [9.17, 15) is 10.1 Å². The molecule has 0 N–H and O–H groups in total. The summed E-state index contributed by atoms with van der Waals surface area (Å²) in [5.74, 6) is 0.981. The molecular weight excluding hydrogens is 330 g/mol. The number of para-hydroxylation sites is 1. The molecule has 0 aromatic heterocycles. The molecule has 2 aromatic rings. The van der Waals surface area contributed by atoms with Crippen LogP contribution in [0, 0.1) is 28.6 Å². The SMILES string of the molecule is CC1(C)[C@H]2[C@H](O[C@@H](C#N)c3cccc(Oc4ccccc4)c3)OC(=O)[C@H]21. The molecule has 132 valence electrons. The minimum absolute atomic E-state index is 0.00889. The molecule has 26 heavy (non-hydrogen) atoms. The number of rotatable bonds is 5. The van der Waals surface area contributed by atoms with E-state index < -0.39 is 12.4 Å². The van der Waals surface area contributed by atoms with Crippen molar-refractivity contribution in [2.75, 3.05) is 0 Å². The Labute approximate surface area is 152 Å². The van der Waals surface area contributed by atoms with Crippen LogP contribution in [-0.4, -0.2) is 12.3 Å². The number of ether oxygens (including phenoxy) is 3. The van der Waals surface area contributed by atoms with E-state index >= 15 is 0 Å². The monoisotopic (exact) mass is 349 g/mol. The van der Waals surface area contributed by atoms with Crippen LogP contribution in [0.3, 0.4) is 0 Å². The summed E-state index contributed by atoms with van der Waals surface area (Å²) in [7, 11) is 0. The van der Waals surface area contributed by atoms with Crippen LogP contribution in [0.25, 0.3) is 0 Å². The second-order valence-electron chi connectivity index (χ2n) is 7.26. The van der Waals surface area contributed by atoms with Gasteiger partial charge in [0.25, 0.3) is 0 Å². The molecular formula is C21H19NO4. The van der Waals surface area contributed by atoms with Crippen molar-refractivity contribution in [1.82, 2.24) is 0 Å². The standard InChI is InChI=1S/C21H19NO4/c1-21(2)17-18(21)20(26-19(17)23)25-16(12-22)13-7-6-10-15(11-13)24-14-8-4-3-5-9-14/h3-11,16-18,20H,1-2H3/t16-,17-,18+,20+/m0/s1. The van der Waals surface area contributed by atoms with Gasteiger partial charge in [-0.15, -0.1) is 0 Å². The van der Waals surface area contributed by atoms with Gasteiger partial charge in [-0.3, -0.25) is 4.79 Å². The van der Waals surface area contributed by atoms with E-state index in [1.54, 1.807) is 12.1 Å². The average molecular weight is 349 g/mol. The highest BCUT2D eigenvalue weighted by atomic mass is 16.7. The molecule has 1 aliphatic heterocycles. The molecule has 0 unspecified atom stereocenters. The second kappa shape index (κ2) is 6.15. The first kappa shape index (κ1) is 16.6. The molecule has 4 atom stereocenters. The maximum absolute atomic E-state index is 11.9. The van der Waals surface area contributed by atoms with Crippen molar-refractivity contribution in [3.63, 3.8) is 0 Å². The first-order valence-electron chi connectivity index (χ1n) is 8.59. The molecule has 0 spiro atoms. The molecule has 5 nitrogen and oxygen atoms in total. The largest absolute Gasteiger partial charge is 0.457 e. The summed E-state index contributed by atoms with van der Waals surface area (Å²) in [6.45, 7) is 4.05. The smallest absolute Gasteiger partial charge is 0.312 e. The highest BCUT2D eigenvalue weighted by molar-refractivity contribution is 5.80. The van der Waals surface area contributed by atoms with Crippen molar-refractivity contribution >= 4 is 5.97 Å². The van der Waals surface area contributed by atoms with Gasteiger partial charge in [-0.25, -0.2) is 0 Å². The number of hydrogen-bond donors (Lipinski definition) is 0. The molecule has 0 radical (unpaired) electrons. The number of esters is 1. The van der Waals surface area contributed by atoms with E-state index in [-0.39, 0.29) is 23.2 Å². The molecule has 4 rings (SSSR count). The molecule has 2 aromatic carbocycles. The highest BCUT2D eigenvalue weighted by Gasteiger charge is 2.72. The first-order valence-corrected chi connectivity index (χ1v) is 8.59. The molecule has 1 saturated carbocycles. The Kier molecular flexibility index (Phi) is 3.93. The second-order valence-corrected chi connectivity index (χ2v) is 7.26. The third kappa shape index (κ3) is 2.83. The highest BCUT2D eigenvalue weighted by Crippen LogP contribution is 2.65. The first-order chi connectivity index (χ1) is 12.5. The van der Waals surface area contributed by atoms with Gasteiger partial charge >= 0.3 is 5.97 Å². The zero-order chi connectivity index (χ0) is 18.3. The Balaban J connectivity index is 1.50. The quantitative estimate of drug-likeness (QED) is 0.756. The molecule has 0 amide bonds. The average Bonchev–Trinajstić information content (AvgIpc) is 3.03. The molecule has 1 aliphatic carbocycles. The molecule has 1 saturated heterocycles. The molecule has 2 fully saturated rings. The summed E-state index contributed by atoms with van der Waals surface area (Å²) in [6, 6.07) is 18.8. The van der Waals surface area contributed by atoms with Gasteiger partial charge in [-0.1, -0.05) is 44.2 Å². The van der Waals surface area contributed by atoms with Crippen LogP contribution < -0.4 is 4.74 Å². The van der Waals surface area contributed by atoms with E-state index in [0.29, 0.717) is 17.1 Å². The molecule has 5 heteroatoms. The maximum Gasteiger partial charge on any atom is 0.312 e. The summed E-state index contributed by atoms with van der Waals surface area (Å²) in [4.78, 5) is 11.9. The summed E-state index contributed by atoms with van der Waals surface area (Å²) in [5.41, 5.74) is 0.539. The van der Waals surface area contributed by atoms with Crippen LogP contribution in [0.15, 0.2) is 54.6 Å². The maximum atomic E-state index is 11.9. The number of nitriles is 1. The third-order valence-electron chi connectivity index (χ3n) is 5.22. The lowest BCUT2D eigenvalue weighted by Crippen LogP contribution is -2.24. The Morgan fingerprint density at radius 2 is 1.85 bits per heavy atom. The van der Waals surface area contributed by atoms with Gasteiger partial charge < -0.3 is 14.2 Å². The number of cyclic esters (lactones) is 1. The van der Waals surface area contributed by atoms with Crippen LogP contribution in [0.1, 0.15) is 25.5 Å². The zero-order valence-electron chi connectivity index (χ0n) is 14.6. The Morgan fingerprint density at radius 3 is 2.50 bits per heavy atom. The van der Waals surface area contributed by atoms with Gasteiger partial charge in [-0.2, -0.15) is 5.26 Å². The Hall–Kier alpha value is -2.84.